The van der Waals surface area contributed by atoms with Crippen molar-refractivity contribution < 1.29 is 9.18 Å². The number of halogens is 1. The van der Waals surface area contributed by atoms with Crippen LogP contribution >= 0.6 is 0 Å². The van der Waals surface area contributed by atoms with E-state index in [9.17, 15) is 9.18 Å². The number of amides is 1. The number of hydrogen-bond acceptors (Lipinski definition) is 5. The molecule has 31 heavy (non-hydrogen) atoms. The fraction of sp³-hybridized carbons (Fsp3) is 0.542. The molecule has 2 aromatic rings. The highest BCUT2D eigenvalue weighted by Crippen LogP contribution is 2.22. The Morgan fingerprint density at radius 3 is 2.81 bits per heavy atom. The van der Waals surface area contributed by atoms with E-state index in [0.29, 0.717) is 12.5 Å². The van der Waals surface area contributed by atoms with E-state index >= 15 is 0 Å². The maximum Gasteiger partial charge on any atom is 0.225 e. The zero-order chi connectivity index (χ0) is 21.6. The number of rotatable bonds is 6. The summed E-state index contributed by atoms with van der Waals surface area (Å²) in [6.07, 6.45) is 5.79. The van der Waals surface area contributed by atoms with Crippen LogP contribution < -0.4 is 10.2 Å². The van der Waals surface area contributed by atoms with Crippen molar-refractivity contribution in [2.24, 2.45) is 11.8 Å². The van der Waals surface area contributed by atoms with E-state index < -0.39 is 0 Å². The van der Waals surface area contributed by atoms with E-state index in [2.05, 4.69) is 25.1 Å². The average Bonchev–Trinajstić information content (AvgIpc) is 2.78. The van der Waals surface area contributed by atoms with Crippen molar-refractivity contribution in [1.29, 1.82) is 0 Å². The Bertz CT molecular complexity index is 884. The normalized spacial score (nSPS) is 20.6. The Hall–Kier alpha value is -2.54. The molecule has 2 aliphatic heterocycles. The number of piperidine rings is 2. The molecule has 0 bridgehead atoms. The number of carbonyl (C=O) groups excluding carboxylic acids is 1. The number of aryl methyl sites for hydroxylation is 1. The van der Waals surface area contributed by atoms with Gasteiger partial charge in [-0.3, -0.25) is 9.69 Å². The van der Waals surface area contributed by atoms with E-state index in [1.165, 1.54) is 6.07 Å². The third-order valence-electron chi connectivity index (χ3n) is 6.42. The van der Waals surface area contributed by atoms with Gasteiger partial charge in [-0.2, -0.15) is 0 Å². The summed E-state index contributed by atoms with van der Waals surface area (Å²) in [5.74, 6) is 1.20. The largest absolute Gasteiger partial charge is 0.356 e. The minimum absolute atomic E-state index is 0.00840. The quantitative estimate of drug-likeness (QED) is 0.770. The van der Waals surface area contributed by atoms with Gasteiger partial charge in [-0.05, 0) is 75.4 Å². The van der Waals surface area contributed by atoms with Crippen molar-refractivity contribution in [3.63, 3.8) is 0 Å². The van der Waals surface area contributed by atoms with Gasteiger partial charge < -0.3 is 10.2 Å². The summed E-state index contributed by atoms with van der Waals surface area (Å²) in [4.78, 5) is 26.2. The molecule has 2 aliphatic rings. The van der Waals surface area contributed by atoms with E-state index in [-0.39, 0.29) is 17.6 Å². The zero-order valence-corrected chi connectivity index (χ0v) is 18.3. The lowest BCUT2D eigenvalue weighted by Gasteiger charge is -2.34. The standard InChI is InChI=1S/C24H32FN5O/c1-18-7-10-26-24(28-18)30-11-3-5-21(17-30)23(31)27-15-19-8-12-29(13-9-19)16-20-4-2-6-22(25)14-20/h2,4,6-7,10,14,19,21H,3,5,8-9,11-13,15-17H2,1H3,(H,27,31)/t21-/m1/s1. The minimum Gasteiger partial charge on any atom is -0.356 e. The molecular weight excluding hydrogens is 393 g/mol. The first-order valence-electron chi connectivity index (χ1n) is 11.4. The second kappa shape index (κ2) is 10.2. The molecule has 0 radical (unpaired) electrons. The van der Waals surface area contributed by atoms with Crippen molar-refractivity contribution in [1.82, 2.24) is 20.2 Å². The summed E-state index contributed by atoms with van der Waals surface area (Å²) >= 11 is 0. The van der Waals surface area contributed by atoms with Gasteiger partial charge in [-0.15, -0.1) is 0 Å². The highest BCUT2D eigenvalue weighted by Gasteiger charge is 2.28. The van der Waals surface area contributed by atoms with Crippen molar-refractivity contribution in [2.75, 3.05) is 37.6 Å². The predicted octanol–water partition coefficient (Wildman–Crippen LogP) is 3.17. The van der Waals surface area contributed by atoms with Crippen LogP contribution in [0.25, 0.3) is 0 Å². The molecule has 1 N–H and O–H groups in total. The molecule has 1 atom stereocenters. The molecule has 2 saturated heterocycles. The van der Waals surface area contributed by atoms with Crippen LogP contribution in [0.2, 0.25) is 0 Å². The molecule has 0 spiro atoms. The van der Waals surface area contributed by atoms with Crippen LogP contribution in [0.15, 0.2) is 36.5 Å². The van der Waals surface area contributed by atoms with Gasteiger partial charge in [-0.25, -0.2) is 14.4 Å². The SMILES string of the molecule is Cc1ccnc(N2CCC[C@@H](C(=O)NCC3CCN(Cc4cccc(F)c4)CC3)C2)n1. The van der Waals surface area contributed by atoms with Gasteiger partial charge in [0.25, 0.3) is 0 Å². The van der Waals surface area contributed by atoms with Gasteiger partial charge >= 0.3 is 0 Å². The smallest absolute Gasteiger partial charge is 0.225 e. The van der Waals surface area contributed by atoms with E-state index in [1.807, 2.05) is 19.1 Å². The third kappa shape index (κ3) is 6.00. The monoisotopic (exact) mass is 425 g/mol. The summed E-state index contributed by atoms with van der Waals surface area (Å²) in [6, 6.07) is 8.73. The molecule has 0 saturated carbocycles. The molecule has 3 heterocycles. The number of anilines is 1. The average molecular weight is 426 g/mol. The fourth-order valence-electron chi connectivity index (χ4n) is 4.59. The summed E-state index contributed by atoms with van der Waals surface area (Å²) in [5.41, 5.74) is 1.96. The molecule has 0 aliphatic carbocycles. The number of carbonyl (C=O) groups is 1. The minimum atomic E-state index is -0.176. The van der Waals surface area contributed by atoms with Crippen LogP contribution in [-0.4, -0.2) is 53.5 Å². The van der Waals surface area contributed by atoms with Gasteiger partial charge in [0.05, 0.1) is 5.92 Å². The first kappa shape index (κ1) is 21.7. The lowest BCUT2D eigenvalue weighted by Crippen LogP contribution is -2.45. The van der Waals surface area contributed by atoms with Crippen LogP contribution in [0.5, 0.6) is 0 Å². The first-order chi connectivity index (χ1) is 15.1. The first-order valence-corrected chi connectivity index (χ1v) is 11.4. The lowest BCUT2D eigenvalue weighted by molar-refractivity contribution is -0.125. The van der Waals surface area contributed by atoms with Crippen molar-refractivity contribution in [3.05, 3.63) is 53.6 Å². The van der Waals surface area contributed by atoms with Gasteiger partial charge in [0.1, 0.15) is 5.82 Å². The van der Waals surface area contributed by atoms with Crippen molar-refractivity contribution >= 4 is 11.9 Å². The van der Waals surface area contributed by atoms with Gasteiger partial charge in [0.15, 0.2) is 0 Å². The van der Waals surface area contributed by atoms with E-state index in [1.54, 1.807) is 18.3 Å². The van der Waals surface area contributed by atoms with Crippen LogP contribution in [0.3, 0.4) is 0 Å². The maximum atomic E-state index is 13.4. The Kier molecular flexibility index (Phi) is 7.12. The third-order valence-corrected chi connectivity index (χ3v) is 6.42. The number of likely N-dealkylation sites (tertiary alicyclic amines) is 1. The summed E-state index contributed by atoms with van der Waals surface area (Å²) in [6.45, 7) is 7.04. The van der Waals surface area contributed by atoms with Crippen molar-refractivity contribution in [3.8, 4) is 0 Å². The van der Waals surface area contributed by atoms with Crippen molar-refractivity contribution in [2.45, 2.75) is 39.2 Å². The number of hydrogen-bond donors (Lipinski definition) is 1. The zero-order valence-electron chi connectivity index (χ0n) is 18.3. The van der Waals surface area contributed by atoms with Gasteiger partial charge in [-0.1, -0.05) is 12.1 Å². The fourth-order valence-corrected chi connectivity index (χ4v) is 4.59. The van der Waals surface area contributed by atoms with Gasteiger partial charge in [0.2, 0.25) is 11.9 Å². The molecule has 1 aromatic heterocycles. The van der Waals surface area contributed by atoms with Crippen LogP contribution in [-0.2, 0) is 11.3 Å². The molecular formula is C24H32FN5O. The molecule has 7 heteroatoms. The lowest BCUT2D eigenvalue weighted by atomic mass is 9.94. The maximum absolute atomic E-state index is 13.4. The second-order valence-electron chi connectivity index (χ2n) is 8.88. The number of nitrogens with one attached hydrogen (secondary N) is 1. The van der Waals surface area contributed by atoms with E-state index in [0.717, 1.165) is 75.6 Å². The summed E-state index contributed by atoms with van der Waals surface area (Å²) < 4.78 is 13.4. The topological polar surface area (TPSA) is 61.4 Å². The molecule has 166 valence electrons. The molecule has 6 nitrogen and oxygen atoms in total. The van der Waals surface area contributed by atoms with Gasteiger partial charge in [0, 0.05) is 38.1 Å². The number of aromatic nitrogens is 2. The van der Waals surface area contributed by atoms with Crippen LogP contribution in [0, 0.1) is 24.6 Å². The Labute approximate surface area is 183 Å². The Morgan fingerprint density at radius 1 is 1.19 bits per heavy atom. The second-order valence-corrected chi connectivity index (χ2v) is 8.88. The highest BCUT2D eigenvalue weighted by atomic mass is 19.1. The highest BCUT2D eigenvalue weighted by molar-refractivity contribution is 5.79. The molecule has 0 unspecified atom stereocenters. The summed E-state index contributed by atoms with van der Waals surface area (Å²) in [7, 11) is 0. The van der Waals surface area contributed by atoms with Crippen LogP contribution in [0.1, 0.15) is 36.9 Å². The predicted molar refractivity (Wildman–Crippen MR) is 119 cm³/mol. The summed E-state index contributed by atoms with van der Waals surface area (Å²) in [5, 5.41) is 3.20. The molecule has 4 rings (SSSR count). The Morgan fingerprint density at radius 2 is 2.03 bits per heavy atom. The van der Waals surface area contributed by atoms with Crippen LogP contribution in [0.4, 0.5) is 10.3 Å². The molecule has 1 amide bonds. The van der Waals surface area contributed by atoms with E-state index in [4.69, 9.17) is 0 Å². The molecule has 2 fully saturated rings. The Balaban J connectivity index is 1.20. The molecule has 1 aromatic carbocycles. The number of benzene rings is 1. The number of nitrogens with zero attached hydrogens (tertiary/aromatic N) is 4.